The lowest BCUT2D eigenvalue weighted by atomic mass is 9.92. The zero-order chi connectivity index (χ0) is 12.1. The van der Waals surface area contributed by atoms with Gasteiger partial charge in [-0.2, -0.15) is 0 Å². The summed E-state index contributed by atoms with van der Waals surface area (Å²) in [6, 6.07) is 9.72. The van der Waals surface area contributed by atoms with Crippen molar-refractivity contribution in [3.63, 3.8) is 0 Å². The van der Waals surface area contributed by atoms with E-state index in [0.29, 0.717) is 0 Å². The zero-order valence-electron chi connectivity index (χ0n) is 11.7. The molecule has 1 aromatic carbocycles. The van der Waals surface area contributed by atoms with Crippen molar-refractivity contribution in [3.05, 3.63) is 35.4 Å². The minimum absolute atomic E-state index is 0. The summed E-state index contributed by atoms with van der Waals surface area (Å²) >= 11 is 0. The first-order valence-corrected chi connectivity index (χ1v) is 7.00. The van der Waals surface area contributed by atoms with E-state index in [1.165, 1.54) is 44.9 Å². The summed E-state index contributed by atoms with van der Waals surface area (Å²) in [4.78, 5) is 2.31. The third-order valence-corrected chi connectivity index (χ3v) is 4.07. The van der Waals surface area contributed by atoms with Gasteiger partial charge < -0.3 is 4.90 Å². The summed E-state index contributed by atoms with van der Waals surface area (Å²) in [7, 11) is 4.31. The van der Waals surface area contributed by atoms with Crippen LogP contribution in [0.2, 0.25) is 0 Å². The number of rotatable bonds is 1. The van der Waals surface area contributed by atoms with Gasteiger partial charge in [-0.3, -0.25) is 0 Å². The van der Waals surface area contributed by atoms with E-state index < -0.39 is 0 Å². The molecule has 0 heterocycles. The Morgan fingerprint density at radius 2 is 1.39 bits per heavy atom. The van der Waals surface area contributed by atoms with E-state index in [4.69, 9.17) is 0 Å². The SMILES string of the molecule is CN(C)C1CCC1.Cl.c1ccc2c(c1)CCCC2. The lowest BCUT2D eigenvalue weighted by Crippen LogP contribution is -2.33. The van der Waals surface area contributed by atoms with Crippen LogP contribution in [0, 0.1) is 0 Å². The van der Waals surface area contributed by atoms with Crippen LogP contribution < -0.4 is 0 Å². The first-order valence-electron chi connectivity index (χ1n) is 7.00. The topological polar surface area (TPSA) is 3.24 Å². The number of aryl methyl sites for hydroxylation is 2. The zero-order valence-corrected chi connectivity index (χ0v) is 12.5. The molecule has 0 aromatic heterocycles. The Hall–Kier alpha value is -0.530. The van der Waals surface area contributed by atoms with Crippen LogP contribution in [-0.2, 0) is 12.8 Å². The molecule has 18 heavy (non-hydrogen) atoms. The summed E-state index contributed by atoms with van der Waals surface area (Å²) in [6.07, 6.45) is 9.67. The quantitative estimate of drug-likeness (QED) is 0.741. The highest BCUT2D eigenvalue weighted by molar-refractivity contribution is 5.85. The molecule has 0 amide bonds. The third-order valence-electron chi connectivity index (χ3n) is 4.07. The van der Waals surface area contributed by atoms with Crippen molar-refractivity contribution < 1.29 is 0 Å². The van der Waals surface area contributed by atoms with Crippen molar-refractivity contribution in [2.45, 2.75) is 51.0 Å². The molecule has 1 fully saturated rings. The summed E-state index contributed by atoms with van der Waals surface area (Å²) in [5.74, 6) is 0. The standard InChI is InChI=1S/C10H12.C6H13N.ClH/c1-2-6-10-8-4-3-7-9(10)5-1;1-7(2)6-4-3-5-6;/h1-2,5-6H,3-4,7-8H2;6H,3-5H2,1-2H3;1H. The van der Waals surface area contributed by atoms with Crippen LogP contribution in [0.25, 0.3) is 0 Å². The predicted molar refractivity (Wildman–Crippen MR) is 81.7 cm³/mol. The normalized spacial score (nSPS) is 17.9. The largest absolute Gasteiger partial charge is 0.306 e. The van der Waals surface area contributed by atoms with Crippen LogP contribution in [0.5, 0.6) is 0 Å². The van der Waals surface area contributed by atoms with Gasteiger partial charge in [-0.1, -0.05) is 30.7 Å². The second kappa shape index (κ2) is 7.81. The lowest BCUT2D eigenvalue weighted by Gasteiger charge is -2.31. The van der Waals surface area contributed by atoms with Gasteiger partial charge in [0.2, 0.25) is 0 Å². The van der Waals surface area contributed by atoms with E-state index in [1.807, 2.05) is 0 Å². The second-order valence-corrected chi connectivity index (χ2v) is 5.52. The lowest BCUT2D eigenvalue weighted by molar-refractivity contribution is 0.193. The van der Waals surface area contributed by atoms with E-state index in [1.54, 1.807) is 11.1 Å². The molecule has 0 atom stereocenters. The highest BCUT2D eigenvalue weighted by Crippen LogP contribution is 2.21. The van der Waals surface area contributed by atoms with Gasteiger partial charge in [0.15, 0.2) is 0 Å². The molecule has 0 saturated heterocycles. The Balaban J connectivity index is 0.000000181. The average Bonchev–Trinajstić information content (AvgIpc) is 2.27. The highest BCUT2D eigenvalue weighted by Gasteiger charge is 2.18. The fourth-order valence-corrected chi connectivity index (χ4v) is 2.58. The molecule has 1 saturated carbocycles. The van der Waals surface area contributed by atoms with Gasteiger partial charge in [-0.25, -0.2) is 0 Å². The summed E-state index contributed by atoms with van der Waals surface area (Å²) in [5, 5.41) is 0. The first-order chi connectivity index (χ1) is 8.27. The molecule has 2 aliphatic carbocycles. The number of halogens is 1. The van der Waals surface area contributed by atoms with Gasteiger partial charge in [-0.05, 0) is 63.7 Å². The monoisotopic (exact) mass is 267 g/mol. The summed E-state index contributed by atoms with van der Waals surface area (Å²) < 4.78 is 0. The molecule has 2 heteroatoms. The number of fused-ring (bicyclic) bond motifs is 1. The molecular weight excluding hydrogens is 242 g/mol. The van der Waals surface area contributed by atoms with Crippen molar-refractivity contribution in [2.75, 3.05) is 14.1 Å². The number of benzene rings is 1. The molecule has 0 bridgehead atoms. The Kier molecular flexibility index (Phi) is 6.73. The van der Waals surface area contributed by atoms with Crippen molar-refractivity contribution in [1.29, 1.82) is 0 Å². The predicted octanol–water partition coefficient (Wildman–Crippen LogP) is 4.09. The van der Waals surface area contributed by atoms with E-state index in [0.717, 1.165) is 6.04 Å². The molecule has 1 aromatic rings. The Morgan fingerprint density at radius 1 is 0.889 bits per heavy atom. The molecule has 0 unspecified atom stereocenters. The maximum atomic E-state index is 2.31. The first kappa shape index (κ1) is 15.5. The van der Waals surface area contributed by atoms with Gasteiger partial charge in [-0.15, -0.1) is 12.4 Å². The van der Waals surface area contributed by atoms with Gasteiger partial charge in [0.25, 0.3) is 0 Å². The number of hydrogen-bond acceptors (Lipinski definition) is 1. The Labute approximate surface area is 118 Å². The Morgan fingerprint density at radius 3 is 1.67 bits per heavy atom. The van der Waals surface area contributed by atoms with Crippen LogP contribution in [0.1, 0.15) is 43.2 Å². The van der Waals surface area contributed by atoms with Crippen LogP contribution in [0.3, 0.4) is 0 Å². The van der Waals surface area contributed by atoms with Crippen molar-refractivity contribution in [1.82, 2.24) is 4.90 Å². The van der Waals surface area contributed by atoms with Crippen LogP contribution >= 0.6 is 12.4 Å². The minimum Gasteiger partial charge on any atom is -0.306 e. The van der Waals surface area contributed by atoms with Gasteiger partial charge >= 0.3 is 0 Å². The van der Waals surface area contributed by atoms with E-state index >= 15 is 0 Å². The third kappa shape index (κ3) is 4.29. The summed E-state index contributed by atoms with van der Waals surface area (Å²) in [6.45, 7) is 0. The van der Waals surface area contributed by atoms with E-state index in [-0.39, 0.29) is 12.4 Å². The van der Waals surface area contributed by atoms with Crippen molar-refractivity contribution >= 4 is 12.4 Å². The molecule has 102 valence electrons. The molecule has 1 nitrogen and oxygen atoms in total. The highest BCUT2D eigenvalue weighted by atomic mass is 35.5. The van der Waals surface area contributed by atoms with Crippen molar-refractivity contribution in [2.24, 2.45) is 0 Å². The molecule has 2 aliphatic rings. The van der Waals surface area contributed by atoms with E-state index in [9.17, 15) is 0 Å². The average molecular weight is 268 g/mol. The summed E-state index contributed by atoms with van der Waals surface area (Å²) in [5.41, 5.74) is 3.16. The fraction of sp³-hybridized carbons (Fsp3) is 0.625. The number of nitrogens with zero attached hydrogens (tertiary/aromatic N) is 1. The maximum Gasteiger partial charge on any atom is 0.00891 e. The second-order valence-electron chi connectivity index (χ2n) is 5.52. The minimum atomic E-state index is 0. The maximum absolute atomic E-state index is 2.31. The smallest absolute Gasteiger partial charge is 0.00891 e. The molecule has 0 radical (unpaired) electrons. The number of hydrogen-bond donors (Lipinski definition) is 0. The van der Waals surface area contributed by atoms with Gasteiger partial charge in [0.05, 0.1) is 0 Å². The Bertz CT molecular complexity index is 320. The molecule has 0 spiro atoms. The van der Waals surface area contributed by atoms with Crippen molar-refractivity contribution in [3.8, 4) is 0 Å². The molecular formula is C16H26ClN. The van der Waals surface area contributed by atoms with Crippen LogP contribution in [0.4, 0.5) is 0 Å². The van der Waals surface area contributed by atoms with Gasteiger partial charge in [0.1, 0.15) is 0 Å². The molecule has 0 N–H and O–H groups in total. The van der Waals surface area contributed by atoms with Crippen LogP contribution in [-0.4, -0.2) is 25.0 Å². The van der Waals surface area contributed by atoms with Gasteiger partial charge in [0, 0.05) is 6.04 Å². The van der Waals surface area contributed by atoms with Crippen LogP contribution in [0.15, 0.2) is 24.3 Å². The molecule has 0 aliphatic heterocycles. The van der Waals surface area contributed by atoms with E-state index in [2.05, 4.69) is 43.3 Å². The molecule has 3 rings (SSSR count). The fourth-order valence-electron chi connectivity index (χ4n) is 2.58.